The van der Waals surface area contributed by atoms with E-state index in [1.54, 1.807) is 11.7 Å². The molecule has 0 saturated heterocycles. The molecule has 0 radical (unpaired) electrons. The molecule has 1 heterocycles. The lowest BCUT2D eigenvalue weighted by molar-refractivity contribution is -0.140. The standard InChI is InChI=1S/C37H43N3O5/c1-6-39-33(38-40(35(39)44)24-26-12-16-28(17-13-26)31(41)23-36(2,3)4)9-7-8-25-10-14-27(15-11-25)29-18-19-32(45-5)30(22-29)37(20-21-37)34(42)43/h10-19,22H,6-9,20-21,23-24H2,1-5H3,(H,42,43). The van der Waals surface area contributed by atoms with Gasteiger partial charge in [0, 0.05) is 30.5 Å². The minimum atomic E-state index is -0.843. The summed E-state index contributed by atoms with van der Waals surface area (Å²) in [5.74, 6) is 0.708. The van der Waals surface area contributed by atoms with Gasteiger partial charge in [0.15, 0.2) is 5.78 Å². The molecule has 4 aromatic rings. The number of nitrogens with zero attached hydrogens (tertiary/aromatic N) is 3. The molecule has 0 unspecified atom stereocenters. The Morgan fingerprint density at radius 1 is 0.933 bits per heavy atom. The van der Waals surface area contributed by atoms with Crippen LogP contribution in [-0.2, 0) is 36.1 Å². The van der Waals surface area contributed by atoms with E-state index in [0.717, 1.165) is 40.9 Å². The molecule has 0 atom stereocenters. The molecule has 1 aromatic heterocycles. The number of hydrogen-bond acceptors (Lipinski definition) is 5. The second-order valence-electron chi connectivity index (χ2n) is 13.3. The molecular weight excluding hydrogens is 566 g/mol. The maximum absolute atomic E-state index is 13.1. The average Bonchev–Trinajstić information content (AvgIpc) is 3.77. The fourth-order valence-corrected chi connectivity index (χ4v) is 5.94. The Morgan fingerprint density at radius 2 is 1.58 bits per heavy atom. The monoisotopic (exact) mass is 609 g/mol. The Labute approximate surface area is 264 Å². The molecule has 5 rings (SSSR count). The van der Waals surface area contributed by atoms with E-state index >= 15 is 0 Å². The van der Waals surface area contributed by atoms with Gasteiger partial charge >= 0.3 is 11.7 Å². The topological polar surface area (TPSA) is 103 Å². The Bertz CT molecular complexity index is 1740. The number of aliphatic carboxylic acids is 1. The number of rotatable bonds is 13. The molecule has 236 valence electrons. The number of carbonyl (C=O) groups excluding carboxylic acids is 1. The van der Waals surface area contributed by atoms with Crippen molar-refractivity contribution < 1.29 is 19.4 Å². The largest absolute Gasteiger partial charge is 0.496 e. The molecule has 1 fully saturated rings. The lowest BCUT2D eigenvalue weighted by atomic mass is 9.88. The van der Waals surface area contributed by atoms with Crippen molar-refractivity contribution in [2.24, 2.45) is 5.41 Å². The first kappa shape index (κ1) is 31.9. The summed E-state index contributed by atoms with van der Waals surface area (Å²) in [5, 5.41) is 14.5. The van der Waals surface area contributed by atoms with Gasteiger partial charge in [-0.25, -0.2) is 9.48 Å². The highest BCUT2D eigenvalue weighted by atomic mass is 16.5. The van der Waals surface area contributed by atoms with E-state index in [9.17, 15) is 19.5 Å². The molecule has 3 aromatic carbocycles. The summed E-state index contributed by atoms with van der Waals surface area (Å²) < 4.78 is 8.73. The summed E-state index contributed by atoms with van der Waals surface area (Å²) in [6, 6.07) is 21.6. The Morgan fingerprint density at radius 3 is 2.16 bits per heavy atom. The first-order chi connectivity index (χ1) is 21.4. The highest BCUT2D eigenvalue weighted by molar-refractivity contribution is 5.96. The third-order valence-corrected chi connectivity index (χ3v) is 8.64. The van der Waals surface area contributed by atoms with Crippen molar-refractivity contribution in [1.82, 2.24) is 14.3 Å². The summed E-state index contributed by atoms with van der Waals surface area (Å²) in [5.41, 5.74) is 4.49. The van der Waals surface area contributed by atoms with Crippen LogP contribution in [0.3, 0.4) is 0 Å². The van der Waals surface area contributed by atoms with Gasteiger partial charge in [-0.1, -0.05) is 75.4 Å². The normalized spacial score (nSPS) is 13.9. The van der Waals surface area contributed by atoms with Crippen LogP contribution in [0.25, 0.3) is 11.1 Å². The second-order valence-corrected chi connectivity index (χ2v) is 13.3. The number of hydrogen-bond donors (Lipinski definition) is 1. The molecule has 45 heavy (non-hydrogen) atoms. The molecule has 1 aliphatic carbocycles. The van der Waals surface area contributed by atoms with Crippen LogP contribution < -0.4 is 10.4 Å². The summed E-state index contributed by atoms with van der Waals surface area (Å²) >= 11 is 0. The van der Waals surface area contributed by atoms with Gasteiger partial charge < -0.3 is 9.84 Å². The van der Waals surface area contributed by atoms with E-state index in [1.807, 2.05) is 49.4 Å². The van der Waals surface area contributed by atoms with Crippen LogP contribution >= 0.6 is 0 Å². The minimum absolute atomic E-state index is 0.0677. The number of Topliss-reactive ketones (excluding diaryl/α,β-unsaturated/α-hetero) is 1. The number of aromatic nitrogens is 3. The number of carboxylic acids is 1. The summed E-state index contributed by atoms with van der Waals surface area (Å²) in [6.45, 7) is 9.02. The second kappa shape index (κ2) is 12.9. The lowest BCUT2D eigenvalue weighted by Gasteiger charge is -2.16. The number of ether oxygens (including phenoxy) is 1. The predicted molar refractivity (Wildman–Crippen MR) is 175 cm³/mol. The highest BCUT2D eigenvalue weighted by Gasteiger charge is 2.53. The van der Waals surface area contributed by atoms with Crippen molar-refractivity contribution in [3.8, 4) is 16.9 Å². The number of ketones is 1. The number of carboxylic acid groups (broad SMARTS) is 1. The molecule has 0 aliphatic heterocycles. The third-order valence-electron chi connectivity index (χ3n) is 8.64. The zero-order chi connectivity index (χ0) is 32.4. The van der Waals surface area contributed by atoms with E-state index in [2.05, 4.69) is 50.1 Å². The molecule has 0 bridgehead atoms. The van der Waals surface area contributed by atoms with Crippen molar-refractivity contribution in [3.63, 3.8) is 0 Å². The zero-order valence-electron chi connectivity index (χ0n) is 26.9. The summed E-state index contributed by atoms with van der Waals surface area (Å²) in [6.07, 6.45) is 4.09. The van der Waals surface area contributed by atoms with E-state index in [-0.39, 0.29) is 16.9 Å². The maximum atomic E-state index is 13.1. The molecule has 1 saturated carbocycles. The summed E-state index contributed by atoms with van der Waals surface area (Å²) in [7, 11) is 1.58. The molecule has 1 aliphatic rings. The van der Waals surface area contributed by atoms with E-state index in [0.29, 0.717) is 50.1 Å². The smallest absolute Gasteiger partial charge is 0.346 e. The first-order valence-electron chi connectivity index (χ1n) is 15.7. The summed E-state index contributed by atoms with van der Waals surface area (Å²) in [4.78, 5) is 37.6. The van der Waals surface area contributed by atoms with Crippen molar-refractivity contribution in [2.45, 2.75) is 84.7 Å². The quantitative estimate of drug-likeness (QED) is 0.169. The molecule has 8 nitrogen and oxygen atoms in total. The van der Waals surface area contributed by atoms with Crippen LogP contribution in [0.15, 0.2) is 71.5 Å². The van der Waals surface area contributed by atoms with E-state index in [1.165, 1.54) is 10.2 Å². The van der Waals surface area contributed by atoms with Gasteiger partial charge in [-0.05, 0) is 72.4 Å². The van der Waals surface area contributed by atoms with Gasteiger partial charge in [0.05, 0.1) is 19.1 Å². The molecular formula is C37H43N3O5. The molecule has 8 heteroatoms. The Hall–Kier alpha value is -4.46. The number of methoxy groups -OCH3 is 1. The van der Waals surface area contributed by atoms with Crippen LogP contribution in [0.4, 0.5) is 0 Å². The fraction of sp³-hybridized carbons (Fsp3) is 0.405. The Balaban J connectivity index is 1.22. The van der Waals surface area contributed by atoms with Gasteiger partial charge in [0.1, 0.15) is 11.6 Å². The number of carbonyl (C=O) groups is 2. The molecule has 0 spiro atoms. The molecule has 1 N–H and O–H groups in total. The molecule has 0 amide bonds. The van der Waals surface area contributed by atoms with Gasteiger partial charge in [-0.2, -0.15) is 5.10 Å². The van der Waals surface area contributed by atoms with Crippen LogP contribution in [0.5, 0.6) is 5.75 Å². The van der Waals surface area contributed by atoms with Crippen LogP contribution in [0.1, 0.15) is 86.3 Å². The third kappa shape index (κ3) is 7.11. The van der Waals surface area contributed by atoms with Crippen molar-refractivity contribution in [3.05, 3.63) is 105 Å². The van der Waals surface area contributed by atoms with Crippen molar-refractivity contribution in [2.75, 3.05) is 7.11 Å². The van der Waals surface area contributed by atoms with Crippen molar-refractivity contribution >= 4 is 11.8 Å². The highest BCUT2D eigenvalue weighted by Crippen LogP contribution is 2.52. The predicted octanol–water partition coefficient (Wildman–Crippen LogP) is 6.70. The zero-order valence-corrected chi connectivity index (χ0v) is 26.9. The van der Waals surface area contributed by atoms with Crippen LogP contribution in [0, 0.1) is 5.41 Å². The van der Waals surface area contributed by atoms with E-state index < -0.39 is 11.4 Å². The Kier molecular flexibility index (Phi) is 9.14. The van der Waals surface area contributed by atoms with Gasteiger partial charge in [0.2, 0.25) is 0 Å². The first-order valence-corrected chi connectivity index (χ1v) is 15.7. The lowest BCUT2D eigenvalue weighted by Crippen LogP contribution is -2.25. The number of benzene rings is 3. The van der Waals surface area contributed by atoms with E-state index in [4.69, 9.17) is 4.74 Å². The maximum Gasteiger partial charge on any atom is 0.346 e. The van der Waals surface area contributed by atoms with Gasteiger partial charge in [-0.15, -0.1) is 0 Å². The minimum Gasteiger partial charge on any atom is -0.496 e. The fourth-order valence-electron chi connectivity index (χ4n) is 5.94. The van der Waals surface area contributed by atoms with Gasteiger partial charge in [0.25, 0.3) is 0 Å². The number of aryl methyl sites for hydroxylation is 2. The van der Waals surface area contributed by atoms with Crippen molar-refractivity contribution in [1.29, 1.82) is 0 Å². The van der Waals surface area contributed by atoms with Gasteiger partial charge in [-0.3, -0.25) is 14.2 Å². The van der Waals surface area contributed by atoms with Crippen LogP contribution in [-0.4, -0.2) is 38.3 Å². The SMILES string of the molecule is CCn1c(CCCc2ccc(-c3ccc(OC)c(C4(C(=O)O)CC4)c3)cc2)nn(Cc2ccc(C(=O)CC(C)(C)C)cc2)c1=O. The average molecular weight is 610 g/mol. The van der Waals surface area contributed by atoms with Crippen LogP contribution in [0.2, 0.25) is 0 Å².